The highest BCUT2D eigenvalue weighted by molar-refractivity contribution is 5.56. The standard InChI is InChI=1S/C17H19NO4/c1-20-10-2-3-17-4-5-18(15(17)6-10)16(19)11-7-13-14(8-12(11)17)22-9-21-13/h2-3,7-8,10,15-16,19H,4-6,9H2,1H3/t10-,15?,16-,17+/m0/s1. The Morgan fingerprint density at radius 1 is 1.32 bits per heavy atom. The molecule has 2 unspecified atom stereocenters. The number of hydrogen-bond donors (Lipinski definition) is 1. The van der Waals surface area contributed by atoms with Crippen molar-refractivity contribution in [3.05, 3.63) is 35.4 Å². The van der Waals surface area contributed by atoms with E-state index in [0.717, 1.165) is 36.4 Å². The van der Waals surface area contributed by atoms with Crippen molar-refractivity contribution in [2.45, 2.75) is 36.6 Å². The topological polar surface area (TPSA) is 51.2 Å². The van der Waals surface area contributed by atoms with Gasteiger partial charge in [0.15, 0.2) is 11.5 Å². The van der Waals surface area contributed by atoms with Gasteiger partial charge in [0.1, 0.15) is 6.23 Å². The van der Waals surface area contributed by atoms with E-state index in [1.165, 1.54) is 5.56 Å². The van der Waals surface area contributed by atoms with Crippen molar-refractivity contribution >= 4 is 0 Å². The second kappa shape index (κ2) is 4.25. The molecule has 5 nitrogen and oxygen atoms in total. The SMILES string of the molecule is CO[C@H]1C=C[C@]23CCN(C2C1)[C@@H](O)c1cc2c(cc13)OCO2. The Hall–Kier alpha value is -1.56. The molecule has 0 amide bonds. The highest BCUT2D eigenvalue weighted by Crippen LogP contribution is 2.56. The summed E-state index contributed by atoms with van der Waals surface area (Å²) in [5, 5.41) is 10.8. The van der Waals surface area contributed by atoms with Crippen molar-refractivity contribution in [2.75, 3.05) is 20.4 Å². The van der Waals surface area contributed by atoms with E-state index in [0.29, 0.717) is 0 Å². The molecule has 1 fully saturated rings. The summed E-state index contributed by atoms with van der Waals surface area (Å²) < 4.78 is 16.6. The third-order valence-corrected chi connectivity index (χ3v) is 5.78. The average Bonchev–Trinajstić information content (AvgIpc) is 3.13. The molecule has 1 aromatic carbocycles. The maximum Gasteiger partial charge on any atom is 0.231 e. The minimum atomic E-state index is -0.575. The van der Waals surface area contributed by atoms with Crippen molar-refractivity contribution in [1.82, 2.24) is 4.90 Å². The Morgan fingerprint density at radius 2 is 2.14 bits per heavy atom. The first-order chi connectivity index (χ1) is 10.7. The average molecular weight is 301 g/mol. The van der Waals surface area contributed by atoms with Gasteiger partial charge in [0, 0.05) is 30.7 Å². The molecule has 0 aromatic heterocycles. The summed E-state index contributed by atoms with van der Waals surface area (Å²) in [7, 11) is 1.75. The zero-order chi connectivity index (χ0) is 14.9. The fourth-order valence-electron chi connectivity index (χ4n) is 4.67. The molecular formula is C17H19NO4. The van der Waals surface area contributed by atoms with Crippen LogP contribution >= 0.6 is 0 Å². The van der Waals surface area contributed by atoms with Gasteiger partial charge in [-0.05, 0) is 30.5 Å². The lowest BCUT2D eigenvalue weighted by Gasteiger charge is -2.47. The summed E-state index contributed by atoms with van der Waals surface area (Å²) in [6, 6.07) is 4.31. The summed E-state index contributed by atoms with van der Waals surface area (Å²) in [6.07, 6.45) is 5.95. The van der Waals surface area contributed by atoms with Gasteiger partial charge in [-0.3, -0.25) is 4.90 Å². The number of methoxy groups -OCH3 is 1. The maximum absolute atomic E-state index is 10.8. The van der Waals surface area contributed by atoms with Crippen LogP contribution in [0.2, 0.25) is 0 Å². The van der Waals surface area contributed by atoms with Gasteiger partial charge in [0.05, 0.1) is 6.10 Å². The molecule has 1 aliphatic carbocycles. The van der Waals surface area contributed by atoms with Gasteiger partial charge in [-0.15, -0.1) is 0 Å². The van der Waals surface area contributed by atoms with Crippen molar-refractivity contribution in [3.63, 3.8) is 0 Å². The molecule has 3 aliphatic heterocycles. The number of rotatable bonds is 1. The lowest BCUT2D eigenvalue weighted by Crippen LogP contribution is -2.51. The van der Waals surface area contributed by atoms with Gasteiger partial charge in [0.25, 0.3) is 0 Å². The van der Waals surface area contributed by atoms with Crippen LogP contribution in [0.1, 0.15) is 30.2 Å². The predicted molar refractivity (Wildman–Crippen MR) is 78.9 cm³/mol. The zero-order valence-electron chi connectivity index (χ0n) is 12.5. The van der Waals surface area contributed by atoms with Gasteiger partial charge in [-0.1, -0.05) is 12.2 Å². The van der Waals surface area contributed by atoms with Gasteiger partial charge < -0.3 is 19.3 Å². The highest BCUT2D eigenvalue weighted by Gasteiger charge is 2.56. The molecule has 1 aromatic rings. The molecule has 22 heavy (non-hydrogen) atoms. The molecule has 3 heterocycles. The Kier molecular flexibility index (Phi) is 2.50. The number of aliphatic hydroxyl groups excluding tert-OH is 1. The molecule has 116 valence electrons. The summed E-state index contributed by atoms with van der Waals surface area (Å²) >= 11 is 0. The van der Waals surface area contributed by atoms with E-state index < -0.39 is 6.23 Å². The Bertz CT molecular complexity index is 673. The third kappa shape index (κ3) is 1.44. The molecule has 4 aliphatic rings. The molecule has 5 atom stereocenters. The van der Waals surface area contributed by atoms with Gasteiger partial charge in [-0.2, -0.15) is 0 Å². The van der Waals surface area contributed by atoms with Crippen LogP contribution in [0.3, 0.4) is 0 Å². The maximum atomic E-state index is 10.8. The lowest BCUT2D eigenvalue weighted by molar-refractivity contribution is -0.0399. The smallest absolute Gasteiger partial charge is 0.231 e. The molecule has 5 rings (SSSR count). The number of ether oxygens (including phenoxy) is 3. The summed E-state index contributed by atoms with van der Waals surface area (Å²) in [6.45, 7) is 1.16. The van der Waals surface area contributed by atoms with E-state index in [2.05, 4.69) is 23.1 Å². The summed E-state index contributed by atoms with van der Waals surface area (Å²) in [5.41, 5.74) is 2.11. The van der Waals surface area contributed by atoms with Crippen LogP contribution in [0.25, 0.3) is 0 Å². The second-order valence-electron chi connectivity index (χ2n) is 6.58. The van der Waals surface area contributed by atoms with Crippen molar-refractivity contribution in [2.24, 2.45) is 0 Å². The number of benzene rings is 1. The quantitative estimate of drug-likeness (QED) is 0.800. The number of hydrogen-bond acceptors (Lipinski definition) is 5. The minimum Gasteiger partial charge on any atom is -0.454 e. The Morgan fingerprint density at radius 3 is 2.95 bits per heavy atom. The molecule has 0 radical (unpaired) electrons. The first kappa shape index (κ1) is 12.9. The number of nitrogens with zero attached hydrogens (tertiary/aromatic N) is 1. The molecule has 0 saturated carbocycles. The fourth-order valence-corrected chi connectivity index (χ4v) is 4.67. The molecule has 1 saturated heterocycles. The van der Waals surface area contributed by atoms with Crippen LogP contribution in [0, 0.1) is 0 Å². The van der Waals surface area contributed by atoms with Gasteiger partial charge in [0.2, 0.25) is 6.79 Å². The number of fused-ring (bicyclic) bond motifs is 2. The molecule has 0 spiro atoms. The van der Waals surface area contributed by atoms with Gasteiger partial charge in [-0.25, -0.2) is 0 Å². The van der Waals surface area contributed by atoms with Gasteiger partial charge >= 0.3 is 0 Å². The fraction of sp³-hybridized carbons (Fsp3) is 0.529. The molecule has 5 heteroatoms. The minimum absolute atomic E-state index is 0.0371. The van der Waals surface area contributed by atoms with E-state index >= 15 is 0 Å². The predicted octanol–water partition coefficient (Wildman–Crippen LogP) is 1.71. The third-order valence-electron chi connectivity index (χ3n) is 5.78. The van der Waals surface area contributed by atoms with E-state index in [1.807, 2.05) is 6.07 Å². The largest absolute Gasteiger partial charge is 0.454 e. The molecule has 1 N–H and O–H groups in total. The van der Waals surface area contributed by atoms with Crippen LogP contribution in [0.15, 0.2) is 24.3 Å². The van der Waals surface area contributed by atoms with Crippen LogP contribution < -0.4 is 9.47 Å². The second-order valence-corrected chi connectivity index (χ2v) is 6.58. The van der Waals surface area contributed by atoms with Crippen molar-refractivity contribution in [3.8, 4) is 11.5 Å². The first-order valence-electron chi connectivity index (χ1n) is 7.83. The van der Waals surface area contributed by atoms with E-state index in [1.54, 1.807) is 7.11 Å². The zero-order valence-corrected chi connectivity index (χ0v) is 12.5. The van der Waals surface area contributed by atoms with E-state index in [4.69, 9.17) is 14.2 Å². The van der Waals surface area contributed by atoms with Crippen LogP contribution in [0.4, 0.5) is 0 Å². The molecular weight excluding hydrogens is 282 g/mol. The monoisotopic (exact) mass is 301 g/mol. The molecule has 2 bridgehead atoms. The van der Waals surface area contributed by atoms with Crippen molar-refractivity contribution in [1.29, 1.82) is 0 Å². The normalized spacial score (nSPS) is 40.5. The van der Waals surface area contributed by atoms with Crippen LogP contribution in [0.5, 0.6) is 11.5 Å². The lowest BCUT2D eigenvalue weighted by atomic mass is 9.66. The van der Waals surface area contributed by atoms with Crippen LogP contribution in [-0.2, 0) is 10.2 Å². The summed E-state index contributed by atoms with van der Waals surface area (Å²) in [4.78, 5) is 2.21. The van der Waals surface area contributed by atoms with Crippen LogP contribution in [-0.4, -0.2) is 42.6 Å². The Labute approximate surface area is 129 Å². The van der Waals surface area contributed by atoms with Crippen molar-refractivity contribution < 1.29 is 19.3 Å². The highest BCUT2D eigenvalue weighted by atomic mass is 16.7. The first-order valence-corrected chi connectivity index (χ1v) is 7.83. The summed E-state index contributed by atoms with van der Waals surface area (Å²) in [5.74, 6) is 1.53. The number of aliphatic hydroxyl groups is 1. The van der Waals surface area contributed by atoms with E-state index in [9.17, 15) is 5.11 Å². The van der Waals surface area contributed by atoms with E-state index in [-0.39, 0.29) is 24.4 Å². The Balaban J connectivity index is 1.72.